The van der Waals surface area contributed by atoms with Gasteiger partial charge in [-0.2, -0.15) is 0 Å². The van der Waals surface area contributed by atoms with Crippen LogP contribution >= 0.6 is 0 Å². The Morgan fingerprint density at radius 1 is 1.38 bits per heavy atom. The third-order valence-corrected chi connectivity index (χ3v) is 3.11. The topological polar surface area (TPSA) is 70.0 Å². The molecule has 1 aromatic carbocycles. The maximum Gasteiger partial charge on any atom is 0.159 e. The average Bonchev–Trinajstić information content (AvgIpc) is 2.46. The molecule has 0 fully saturated rings. The molecule has 1 atom stereocenters. The van der Waals surface area contributed by atoms with Crippen molar-refractivity contribution in [2.75, 3.05) is 32.8 Å². The zero-order valence-corrected chi connectivity index (χ0v) is 12.8. The largest absolute Gasteiger partial charge is 0.491 e. The Balaban J connectivity index is 2.46. The van der Waals surface area contributed by atoms with E-state index in [2.05, 4.69) is 6.92 Å². The van der Waals surface area contributed by atoms with Gasteiger partial charge in [0, 0.05) is 18.7 Å². The van der Waals surface area contributed by atoms with E-state index < -0.39 is 6.10 Å². The summed E-state index contributed by atoms with van der Waals surface area (Å²) in [5.74, 6) is 0.559. The van der Waals surface area contributed by atoms with E-state index in [1.807, 2.05) is 4.90 Å². The fourth-order valence-electron chi connectivity index (χ4n) is 2.10. The predicted molar refractivity (Wildman–Crippen MR) is 81.8 cm³/mol. The molecule has 2 N–H and O–H groups in total. The first-order valence-electron chi connectivity index (χ1n) is 7.32. The second kappa shape index (κ2) is 9.50. The molecule has 21 heavy (non-hydrogen) atoms. The average molecular weight is 295 g/mol. The summed E-state index contributed by atoms with van der Waals surface area (Å²) >= 11 is 0. The summed E-state index contributed by atoms with van der Waals surface area (Å²) in [6.07, 6.45) is 0.331. The van der Waals surface area contributed by atoms with Gasteiger partial charge in [-0.1, -0.05) is 19.1 Å². The van der Waals surface area contributed by atoms with Crippen molar-refractivity contribution in [1.82, 2.24) is 4.90 Å². The molecule has 5 nitrogen and oxygen atoms in total. The van der Waals surface area contributed by atoms with Gasteiger partial charge in [0.15, 0.2) is 5.78 Å². The highest BCUT2D eigenvalue weighted by molar-refractivity contribution is 5.94. The van der Waals surface area contributed by atoms with Crippen LogP contribution in [0.15, 0.2) is 24.3 Å². The number of aliphatic hydroxyl groups excluding tert-OH is 2. The molecule has 0 saturated carbocycles. The fourth-order valence-corrected chi connectivity index (χ4v) is 2.10. The van der Waals surface area contributed by atoms with Crippen LogP contribution in [0.1, 0.15) is 30.6 Å². The summed E-state index contributed by atoms with van der Waals surface area (Å²) in [5.41, 5.74) is 0.592. The van der Waals surface area contributed by atoms with Crippen LogP contribution in [0.4, 0.5) is 0 Å². The molecule has 5 heteroatoms. The molecule has 1 aromatic rings. The summed E-state index contributed by atoms with van der Waals surface area (Å²) in [5, 5.41) is 19.0. The number of hydrogen-bond donors (Lipinski definition) is 2. The number of nitrogens with zero attached hydrogens (tertiary/aromatic N) is 1. The van der Waals surface area contributed by atoms with Crippen LogP contribution in [0.3, 0.4) is 0 Å². The molecule has 1 rings (SSSR count). The molecule has 0 aliphatic rings. The fraction of sp³-hybridized carbons (Fsp3) is 0.562. The second-order valence-electron chi connectivity index (χ2n) is 5.07. The molecule has 0 spiro atoms. The standard InChI is InChI=1S/C16H25NO4/c1-3-7-17(8-9-18)11-15(20)12-21-16-6-4-5-14(10-16)13(2)19/h4-6,10,15,18,20H,3,7-9,11-12H2,1-2H3/t15-/m0/s1. The number of rotatable bonds is 10. The highest BCUT2D eigenvalue weighted by Gasteiger charge is 2.12. The highest BCUT2D eigenvalue weighted by Crippen LogP contribution is 2.14. The quantitative estimate of drug-likeness (QED) is 0.637. The molecule has 0 aliphatic heterocycles. The van der Waals surface area contributed by atoms with Crippen molar-refractivity contribution < 1.29 is 19.7 Å². The van der Waals surface area contributed by atoms with Crippen molar-refractivity contribution in [3.63, 3.8) is 0 Å². The Morgan fingerprint density at radius 3 is 2.76 bits per heavy atom. The van der Waals surface area contributed by atoms with Gasteiger partial charge in [0.05, 0.1) is 6.61 Å². The van der Waals surface area contributed by atoms with E-state index >= 15 is 0 Å². The van der Waals surface area contributed by atoms with Gasteiger partial charge in [-0.15, -0.1) is 0 Å². The summed E-state index contributed by atoms with van der Waals surface area (Å²) in [6, 6.07) is 6.92. The number of hydrogen-bond acceptors (Lipinski definition) is 5. The van der Waals surface area contributed by atoms with Gasteiger partial charge in [0.2, 0.25) is 0 Å². The highest BCUT2D eigenvalue weighted by atomic mass is 16.5. The molecule has 0 heterocycles. The number of ether oxygens (including phenoxy) is 1. The second-order valence-corrected chi connectivity index (χ2v) is 5.07. The van der Waals surface area contributed by atoms with Crippen molar-refractivity contribution in [3.8, 4) is 5.75 Å². The summed E-state index contributed by atoms with van der Waals surface area (Å²) in [4.78, 5) is 13.3. The Kier molecular flexibility index (Phi) is 7.97. The van der Waals surface area contributed by atoms with Gasteiger partial charge in [-0.25, -0.2) is 0 Å². The molecule has 0 amide bonds. The zero-order chi connectivity index (χ0) is 15.7. The van der Waals surface area contributed by atoms with Crippen LogP contribution in [0.5, 0.6) is 5.75 Å². The Hall–Kier alpha value is -1.43. The van der Waals surface area contributed by atoms with E-state index in [0.29, 0.717) is 24.4 Å². The third-order valence-electron chi connectivity index (χ3n) is 3.11. The number of Topliss-reactive ketones (excluding diaryl/α,β-unsaturated/α-hetero) is 1. The monoisotopic (exact) mass is 295 g/mol. The molecule has 0 radical (unpaired) electrons. The molecule has 0 aliphatic carbocycles. The molecule has 0 aromatic heterocycles. The van der Waals surface area contributed by atoms with E-state index in [0.717, 1.165) is 13.0 Å². The number of carbonyl (C=O) groups is 1. The Bertz CT molecular complexity index is 430. The normalized spacial score (nSPS) is 12.4. The minimum Gasteiger partial charge on any atom is -0.491 e. The first-order valence-corrected chi connectivity index (χ1v) is 7.32. The van der Waals surface area contributed by atoms with Crippen LogP contribution < -0.4 is 4.74 Å². The van der Waals surface area contributed by atoms with Gasteiger partial charge < -0.3 is 14.9 Å². The van der Waals surface area contributed by atoms with Crippen molar-refractivity contribution in [2.24, 2.45) is 0 Å². The van der Waals surface area contributed by atoms with Crippen LogP contribution in [-0.2, 0) is 0 Å². The number of benzene rings is 1. The van der Waals surface area contributed by atoms with E-state index in [9.17, 15) is 9.90 Å². The van der Waals surface area contributed by atoms with Gasteiger partial charge in [-0.05, 0) is 32.0 Å². The van der Waals surface area contributed by atoms with E-state index in [-0.39, 0.29) is 19.0 Å². The van der Waals surface area contributed by atoms with Gasteiger partial charge in [0.1, 0.15) is 18.5 Å². The van der Waals surface area contributed by atoms with Crippen LogP contribution in [0, 0.1) is 0 Å². The maximum absolute atomic E-state index is 11.3. The molecule has 0 bridgehead atoms. The molecule has 118 valence electrons. The van der Waals surface area contributed by atoms with E-state index in [1.165, 1.54) is 6.92 Å². The first kappa shape index (κ1) is 17.6. The van der Waals surface area contributed by atoms with E-state index in [4.69, 9.17) is 9.84 Å². The number of carbonyl (C=O) groups excluding carboxylic acids is 1. The lowest BCUT2D eigenvalue weighted by molar-refractivity contribution is 0.0618. The predicted octanol–water partition coefficient (Wildman–Crippen LogP) is 1.33. The van der Waals surface area contributed by atoms with Gasteiger partial charge in [-0.3, -0.25) is 9.69 Å². The minimum absolute atomic E-state index is 0.0157. The smallest absolute Gasteiger partial charge is 0.159 e. The number of aliphatic hydroxyl groups is 2. The molecular weight excluding hydrogens is 270 g/mol. The van der Waals surface area contributed by atoms with Crippen molar-refractivity contribution in [3.05, 3.63) is 29.8 Å². The molecular formula is C16H25NO4. The SMILES string of the molecule is CCCN(CCO)C[C@H](O)COc1cccc(C(C)=O)c1. The lowest BCUT2D eigenvalue weighted by Gasteiger charge is -2.23. The summed E-state index contributed by atoms with van der Waals surface area (Å²) in [7, 11) is 0. The van der Waals surface area contributed by atoms with Crippen molar-refractivity contribution in [1.29, 1.82) is 0 Å². The van der Waals surface area contributed by atoms with Crippen LogP contribution in [0.25, 0.3) is 0 Å². The zero-order valence-electron chi connectivity index (χ0n) is 12.8. The lowest BCUT2D eigenvalue weighted by Crippen LogP contribution is -2.37. The number of ketones is 1. The van der Waals surface area contributed by atoms with Gasteiger partial charge in [0.25, 0.3) is 0 Å². The Labute approximate surface area is 126 Å². The summed E-state index contributed by atoms with van der Waals surface area (Å²) < 4.78 is 5.52. The van der Waals surface area contributed by atoms with Crippen molar-refractivity contribution >= 4 is 5.78 Å². The first-order chi connectivity index (χ1) is 10.1. The third kappa shape index (κ3) is 6.71. The van der Waals surface area contributed by atoms with E-state index in [1.54, 1.807) is 24.3 Å². The van der Waals surface area contributed by atoms with Crippen molar-refractivity contribution in [2.45, 2.75) is 26.4 Å². The maximum atomic E-state index is 11.3. The summed E-state index contributed by atoms with van der Waals surface area (Å²) in [6.45, 7) is 5.64. The lowest BCUT2D eigenvalue weighted by atomic mass is 10.1. The Morgan fingerprint density at radius 2 is 2.14 bits per heavy atom. The molecule has 0 saturated heterocycles. The van der Waals surface area contributed by atoms with Gasteiger partial charge >= 0.3 is 0 Å². The van der Waals surface area contributed by atoms with Crippen LogP contribution in [-0.4, -0.2) is 59.8 Å². The minimum atomic E-state index is -0.635. The van der Waals surface area contributed by atoms with Crippen LogP contribution in [0.2, 0.25) is 0 Å². The molecule has 0 unspecified atom stereocenters.